The number of carbonyl (C=O) groups excluding carboxylic acids is 2. The molecule has 0 aromatic heterocycles. The van der Waals surface area contributed by atoms with Gasteiger partial charge in [-0.1, -0.05) is 54.6 Å². The molecule has 3 aromatic rings. The largest absolute Gasteiger partial charge is 0.495 e. The molecule has 0 heterocycles. The molecule has 30 heavy (non-hydrogen) atoms. The van der Waals surface area contributed by atoms with E-state index in [1.165, 1.54) is 11.8 Å². The predicted molar refractivity (Wildman–Crippen MR) is 121 cm³/mol. The standard InChI is InChI=1S/C24H24N2O3S/c1-17-13-14-21(29-2)20(15-17)26-22(27)16-25-24(28)23(18-9-5-3-6-10-18)30-19-11-7-4-8-12-19/h3-15,23H,16H2,1-2H3,(H,25,28)(H,26,27). The van der Waals surface area contributed by atoms with E-state index in [2.05, 4.69) is 10.6 Å². The zero-order valence-electron chi connectivity index (χ0n) is 16.9. The lowest BCUT2D eigenvalue weighted by atomic mass is 10.1. The van der Waals surface area contributed by atoms with Gasteiger partial charge in [-0.25, -0.2) is 0 Å². The Kier molecular flexibility index (Phi) is 7.51. The summed E-state index contributed by atoms with van der Waals surface area (Å²) in [7, 11) is 1.55. The maximum absolute atomic E-state index is 12.9. The summed E-state index contributed by atoms with van der Waals surface area (Å²) in [4.78, 5) is 26.4. The average molecular weight is 421 g/mol. The van der Waals surface area contributed by atoms with E-state index in [9.17, 15) is 9.59 Å². The van der Waals surface area contributed by atoms with Gasteiger partial charge in [0.05, 0.1) is 19.3 Å². The topological polar surface area (TPSA) is 67.4 Å². The normalized spacial score (nSPS) is 11.4. The van der Waals surface area contributed by atoms with Gasteiger partial charge in [0.25, 0.3) is 0 Å². The van der Waals surface area contributed by atoms with E-state index < -0.39 is 5.25 Å². The summed E-state index contributed by atoms with van der Waals surface area (Å²) >= 11 is 1.45. The van der Waals surface area contributed by atoms with Gasteiger partial charge in [-0.3, -0.25) is 9.59 Å². The van der Waals surface area contributed by atoms with Gasteiger partial charge in [-0.05, 0) is 42.3 Å². The fourth-order valence-electron chi connectivity index (χ4n) is 2.91. The summed E-state index contributed by atoms with van der Waals surface area (Å²) in [6.45, 7) is 1.80. The van der Waals surface area contributed by atoms with Crippen molar-refractivity contribution in [2.24, 2.45) is 0 Å². The van der Waals surface area contributed by atoms with Crippen LogP contribution in [0.5, 0.6) is 5.75 Å². The molecule has 1 atom stereocenters. The van der Waals surface area contributed by atoms with Gasteiger partial charge >= 0.3 is 0 Å². The van der Waals surface area contributed by atoms with E-state index in [1.54, 1.807) is 13.2 Å². The van der Waals surface area contributed by atoms with Crippen molar-refractivity contribution in [2.75, 3.05) is 19.0 Å². The molecule has 0 aliphatic heterocycles. The molecule has 0 saturated carbocycles. The molecule has 0 aliphatic rings. The monoisotopic (exact) mass is 420 g/mol. The molecule has 6 heteroatoms. The van der Waals surface area contributed by atoms with E-state index in [0.29, 0.717) is 11.4 Å². The highest BCUT2D eigenvalue weighted by molar-refractivity contribution is 8.00. The quantitative estimate of drug-likeness (QED) is 0.523. The van der Waals surface area contributed by atoms with E-state index in [4.69, 9.17) is 4.74 Å². The van der Waals surface area contributed by atoms with Crippen molar-refractivity contribution in [3.63, 3.8) is 0 Å². The summed E-state index contributed by atoms with van der Waals surface area (Å²) in [6.07, 6.45) is 0. The first-order chi connectivity index (χ1) is 14.6. The molecule has 0 saturated heterocycles. The van der Waals surface area contributed by atoms with Gasteiger partial charge in [0.15, 0.2) is 0 Å². The molecule has 0 fully saturated rings. The number of rotatable bonds is 8. The Morgan fingerprint density at radius 2 is 1.63 bits per heavy atom. The van der Waals surface area contributed by atoms with Crippen LogP contribution in [0.1, 0.15) is 16.4 Å². The Morgan fingerprint density at radius 1 is 0.967 bits per heavy atom. The van der Waals surface area contributed by atoms with Crippen LogP contribution in [0.25, 0.3) is 0 Å². The maximum Gasteiger partial charge on any atom is 0.243 e. The molecular weight excluding hydrogens is 396 g/mol. The second kappa shape index (κ2) is 10.5. The van der Waals surface area contributed by atoms with Crippen LogP contribution in [0.3, 0.4) is 0 Å². The van der Waals surface area contributed by atoms with Crippen LogP contribution in [0.15, 0.2) is 83.8 Å². The first-order valence-electron chi connectivity index (χ1n) is 9.55. The number of hydrogen-bond acceptors (Lipinski definition) is 4. The number of benzene rings is 3. The number of thioether (sulfide) groups is 1. The van der Waals surface area contributed by atoms with Crippen LogP contribution >= 0.6 is 11.8 Å². The molecule has 3 aromatic carbocycles. The lowest BCUT2D eigenvalue weighted by Crippen LogP contribution is -2.35. The number of carbonyl (C=O) groups is 2. The van der Waals surface area contributed by atoms with Crippen LogP contribution in [0, 0.1) is 6.92 Å². The highest BCUT2D eigenvalue weighted by atomic mass is 32.2. The van der Waals surface area contributed by atoms with E-state index in [0.717, 1.165) is 16.0 Å². The van der Waals surface area contributed by atoms with Crippen molar-refractivity contribution in [1.82, 2.24) is 5.32 Å². The van der Waals surface area contributed by atoms with Gasteiger partial charge in [0.1, 0.15) is 11.0 Å². The summed E-state index contributed by atoms with van der Waals surface area (Å²) in [6, 6.07) is 24.8. The number of amides is 2. The molecule has 0 radical (unpaired) electrons. The Bertz CT molecular complexity index is 994. The first-order valence-corrected chi connectivity index (χ1v) is 10.4. The van der Waals surface area contributed by atoms with Crippen LogP contribution in [0.2, 0.25) is 0 Å². The fraction of sp³-hybridized carbons (Fsp3) is 0.167. The third-order valence-corrected chi connectivity index (χ3v) is 5.66. The van der Waals surface area contributed by atoms with Crippen LogP contribution in [-0.4, -0.2) is 25.5 Å². The maximum atomic E-state index is 12.9. The predicted octanol–water partition coefficient (Wildman–Crippen LogP) is 4.59. The summed E-state index contributed by atoms with van der Waals surface area (Å²) < 4.78 is 5.28. The number of anilines is 1. The molecule has 154 valence electrons. The highest BCUT2D eigenvalue weighted by Crippen LogP contribution is 2.35. The van der Waals surface area contributed by atoms with Crippen LogP contribution in [-0.2, 0) is 9.59 Å². The zero-order chi connectivity index (χ0) is 21.3. The second-order valence-corrected chi connectivity index (χ2v) is 7.87. The average Bonchev–Trinajstić information content (AvgIpc) is 2.77. The van der Waals surface area contributed by atoms with Gasteiger partial charge in [0.2, 0.25) is 11.8 Å². The number of ether oxygens (including phenoxy) is 1. The number of aryl methyl sites for hydroxylation is 1. The molecular formula is C24H24N2O3S. The number of methoxy groups -OCH3 is 1. The summed E-state index contributed by atoms with van der Waals surface area (Å²) in [5.41, 5.74) is 2.46. The summed E-state index contributed by atoms with van der Waals surface area (Å²) in [5, 5.41) is 5.10. The molecule has 0 bridgehead atoms. The molecule has 0 spiro atoms. The van der Waals surface area contributed by atoms with Crippen LogP contribution in [0.4, 0.5) is 5.69 Å². The smallest absolute Gasteiger partial charge is 0.243 e. The lowest BCUT2D eigenvalue weighted by Gasteiger charge is -2.17. The van der Waals surface area contributed by atoms with Crippen molar-refractivity contribution in [3.8, 4) is 5.75 Å². The van der Waals surface area contributed by atoms with E-state index in [1.807, 2.05) is 79.7 Å². The minimum atomic E-state index is -0.463. The second-order valence-electron chi connectivity index (χ2n) is 6.69. The van der Waals surface area contributed by atoms with Crippen molar-refractivity contribution in [2.45, 2.75) is 17.1 Å². The molecule has 0 aliphatic carbocycles. The first kappa shape index (κ1) is 21.5. The van der Waals surface area contributed by atoms with Gasteiger partial charge in [-0.2, -0.15) is 0 Å². The van der Waals surface area contributed by atoms with Crippen molar-refractivity contribution in [3.05, 3.63) is 90.0 Å². The minimum absolute atomic E-state index is 0.130. The third kappa shape index (κ3) is 5.87. The Labute approximate surface area is 180 Å². The van der Waals surface area contributed by atoms with Gasteiger partial charge in [0, 0.05) is 4.90 Å². The number of hydrogen-bond donors (Lipinski definition) is 2. The van der Waals surface area contributed by atoms with Crippen molar-refractivity contribution >= 4 is 29.3 Å². The molecule has 2 N–H and O–H groups in total. The fourth-order valence-corrected chi connectivity index (χ4v) is 3.98. The highest BCUT2D eigenvalue weighted by Gasteiger charge is 2.22. The van der Waals surface area contributed by atoms with Gasteiger partial charge in [-0.15, -0.1) is 11.8 Å². The van der Waals surface area contributed by atoms with Gasteiger partial charge < -0.3 is 15.4 Å². The number of nitrogens with one attached hydrogen (secondary N) is 2. The lowest BCUT2D eigenvalue weighted by molar-refractivity contribution is -0.123. The Balaban J connectivity index is 1.67. The van der Waals surface area contributed by atoms with Crippen molar-refractivity contribution in [1.29, 1.82) is 0 Å². The Hall–Kier alpha value is -3.25. The zero-order valence-corrected chi connectivity index (χ0v) is 17.7. The minimum Gasteiger partial charge on any atom is -0.495 e. The molecule has 5 nitrogen and oxygen atoms in total. The SMILES string of the molecule is COc1ccc(C)cc1NC(=O)CNC(=O)C(Sc1ccccc1)c1ccccc1. The van der Waals surface area contributed by atoms with E-state index >= 15 is 0 Å². The molecule has 2 amide bonds. The third-order valence-electron chi connectivity index (χ3n) is 4.39. The molecule has 1 unspecified atom stereocenters. The van der Waals surface area contributed by atoms with Crippen LogP contribution < -0.4 is 15.4 Å². The summed E-state index contributed by atoms with van der Waals surface area (Å²) in [5.74, 6) is 0.0345. The molecule has 3 rings (SSSR count). The van der Waals surface area contributed by atoms with E-state index in [-0.39, 0.29) is 18.4 Å². The van der Waals surface area contributed by atoms with Crippen molar-refractivity contribution < 1.29 is 14.3 Å². The Morgan fingerprint density at radius 3 is 2.30 bits per heavy atom.